The van der Waals surface area contributed by atoms with Crippen LogP contribution in [0.2, 0.25) is 0 Å². The molecular weight excluding hydrogens is 491 g/mol. The fourth-order valence-corrected chi connectivity index (χ4v) is 4.05. The van der Waals surface area contributed by atoms with Gasteiger partial charge in [-0.05, 0) is 68.8 Å². The van der Waals surface area contributed by atoms with Gasteiger partial charge in [0, 0.05) is 11.6 Å². The van der Waals surface area contributed by atoms with Gasteiger partial charge in [-0.1, -0.05) is 12.1 Å². The lowest BCUT2D eigenvalue weighted by atomic mass is 9.83. The van der Waals surface area contributed by atoms with Gasteiger partial charge in [0.05, 0.1) is 19.1 Å². The van der Waals surface area contributed by atoms with E-state index in [1.165, 1.54) is 37.3 Å². The number of carbonyl (C=O) groups is 1. The van der Waals surface area contributed by atoms with Gasteiger partial charge in [-0.25, -0.2) is 9.18 Å². The van der Waals surface area contributed by atoms with Gasteiger partial charge >= 0.3 is 5.97 Å². The molecule has 2 unspecified atom stereocenters. The Morgan fingerprint density at radius 2 is 1.71 bits per heavy atom. The molecule has 0 fully saturated rings. The second-order valence-electron chi connectivity index (χ2n) is 8.33. The molecule has 0 aromatic heterocycles. The number of ether oxygens (including phenoxy) is 5. The molecule has 38 heavy (non-hydrogen) atoms. The predicted octanol–water partition coefficient (Wildman–Crippen LogP) is 5.21. The lowest BCUT2D eigenvalue weighted by Gasteiger charge is -2.27. The fraction of sp³-hybridized carbons (Fsp3) is 0.241. The van der Waals surface area contributed by atoms with Crippen LogP contribution in [0.25, 0.3) is 0 Å². The fourth-order valence-electron chi connectivity index (χ4n) is 4.05. The van der Waals surface area contributed by atoms with Gasteiger partial charge in [0.2, 0.25) is 5.88 Å². The van der Waals surface area contributed by atoms with Gasteiger partial charge in [0.1, 0.15) is 34.7 Å². The average Bonchev–Trinajstić information content (AvgIpc) is 2.90. The Balaban J connectivity index is 1.60. The standard InChI is InChI=1S/C29H27FN2O6/c1-4-34-24-13-6-18(14-26(24)35-5-2)27-22-12-11-21(15-25(22)38-28(32)23(27)16-31)37-29(33)17(3)36-20-9-7-19(30)8-10-20/h6-15,17,27H,4-5,32H2,1-3H3. The second-order valence-corrected chi connectivity index (χ2v) is 8.33. The maximum atomic E-state index is 13.1. The molecule has 4 rings (SSSR count). The first kappa shape index (κ1) is 26.4. The normalized spacial score (nSPS) is 15.0. The van der Waals surface area contributed by atoms with Crippen molar-refractivity contribution in [3.05, 3.63) is 89.1 Å². The highest BCUT2D eigenvalue weighted by Crippen LogP contribution is 2.45. The van der Waals surface area contributed by atoms with Crippen LogP contribution in [0, 0.1) is 17.1 Å². The van der Waals surface area contributed by atoms with Crippen LogP contribution < -0.4 is 29.4 Å². The molecule has 3 aromatic rings. The highest BCUT2D eigenvalue weighted by molar-refractivity contribution is 5.77. The summed E-state index contributed by atoms with van der Waals surface area (Å²) in [6.07, 6.45) is -0.957. The summed E-state index contributed by atoms with van der Waals surface area (Å²) in [5.41, 5.74) is 7.79. The summed E-state index contributed by atoms with van der Waals surface area (Å²) >= 11 is 0. The molecule has 8 nitrogen and oxygen atoms in total. The first-order valence-corrected chi connectivity index (χ1v) is 12.1. The SMILES string of the molecule is CCOc1ccc(C2C(C#N)=C(N)Oc3cc(OC(=O)C(C)Oc4ccc(F)cc4)ccc32)cc1OCC. The third-order valence-corrected chi connectivity index (χ3v) is 5.77. The Morgan fingerprint density at radius 1 is 1.03 bits per heavy atom. The highest BCUT2D eigenvalue weighted by atomic mass is 19.1. The molecular formula is C29H27FN2O6. The monoisotopic (exact) mass is 518 g/mol. The number of esters is 1. The summed E-state index contributed by atoms with van der Waals surface area (Å²) in [6, 6.07) is 17.8. The molecule has 0 saturated heterocycles. The molecule has 0 amide bonds. The van der Waals surface area contributed by atoms with Crippen molar-refractivity contribution in [2.24, 2.45) is 5.73 Å². The minimum Gasteiger partial charge on any atom is -0.490 e. The van der Waals surface area contributed by atoms with E-state index in [-0.39, 0.29) is 17.2 Å². The van der Waals surface area contributed by atoms with Crippen molar-refractivity contribution in [3.8, 4) is 34.8 Å². The van der Waals surface area contributed by atoms with Crippen molar-refractivity contribution in [1.82, 2.24) is 0 Å². The number of allylic oxidation sites excluding steroid dienone is 1. The van der Waals surface area contributed by atoms with E-state index in [0.29, 0.717) is 41.8 Å². The number of carbonyl (C=O) groups excluding carboxylic acids is 1. The Kier molecular flexibility index (Phi) is 8.02. The lowest BCUT2D eigenvalue weighted by molar-refractivity contribution is -0.141. The maximum Gasteiger partial charge on any atom is 0.352 e. The Hall–Kier alpha value is -4.71. The zero-order chi connectivity index (χ0) is 27.2. The van der Waals surface area contributed by atoms with Crippen LogP contribution in [0.5, 0.6) is 28.7 Å². The van der Waals surface area contributed by atoms with Crippen LogP contribution in [0.1, 0.15) is 37.8 Å². The molecule has 3 aromatic carbocycles. The number of rotatable bonds is 9. The van der Waals surface area contributed by atoms with Gasteiger partial charge in [-0.3, -0.25) is 0 Å². The van der Waals surface area contributed by atoms with Gasteiger partial charge in [-0.15, -0.1) is 0 Å². The predicted molar refractivity (Wildman–Crippen MR) is 137 cm³/mol. The summed E-state index contributed by atoms with van der Waals surface area (Å²) in [6.45, 7) is 6.20. The molecule has 1 aliphatic heterocycles. The molecule has 1 aliphatic rings. The first-order valence-electron chi connectivity index (χ1n) is 12.1. The zero-order valence-corrected chi connectivity index (χ0v) is 21.2. The number of hydrogen-bond donors (Lipinski definition) is 1. The van der Waals surface area contributed by atoms with E-state index in [4.69, 9.17) is 29.4 Å². The number of nitrogens with zero attached hydrogens (tertiary/aromatic N) is 1. The molecule has 0 aliphatic carbocycles. The number of hydrogen-bond acceptors (Lipinski definition) is 8. The Labute approximate surface area is 219 Å². The lowest BCUT2D eigenvalue weighted by Crippen LogP contribution is -2.28. The van der Waals surface area contributed by atoms with Crippen LogP contribution in [-0.4, -0.2) is 25.3 Å². The molecule has 9 heteroatoms. The summed E-state index contributed by atoms with van der Waals surface area (Å²) in [7, 11) is 0. The molecule has 0 saturated carbocycles. The number of nitrogens with two attached hydrogens (primary N) is 1. The second kappa shape index (κ2) is 11.6. The minimum atomic E-state index is -0.957. The first-order chi connectivity index (χ1) is 18.3. The molecule has 0 bridgehead atoms. The summed E-state index contributed by atoms with van der Waals surface area (Å²) in [5, 5.41) is 9.87. The summed E-state index contributed by atoms with van der Waals surface area (Å²) < 4.78 is 41.3. The van der Waals surface area contributed by atoms with Crippen LogP contribution >= 0.6 is 0 Å². The van der Waals surface area contributed by atoms with E-state index in [0.717, 1.165) is 5.56 Å². The topological polar surface area (TPSA) is 113 Å². The third kappa shape index (κ3) is 5.65. The molecule has 0 radical (unpaired) electrons. The van der Waals surface area contributed by atoms with Crippen molar-refractivity contribution in [1.29, 1.82) is 5.26 Å². The number of benzene rings is 3. The van der Waals surface area contributed by atoms with Crippen molar-refractivity contribution >= 4 is 5.97 Å². The van der Waals surface area contributed by atoms with Gasteiger partial charge in [0.25, 0.3) is 0 Å². The van der Waals surface area contributed by atoms with E-state index in [2.05, 4.69) is 6.07 Å². The van der Waals surface area contributed by atoms with Crippen LogP contribution in [0.15, 0.2) is 72.1 Å². The molecule has 2 atom stereocenters. The minimum absolute atomic E-state index is 0.0478. The molecule has 0 spiro atoms. The van der Waals surface area contributed by atoms with Crippen LogP contribution in [-0.2, 0) is 4.79 Å². The third-order valence-electron chi connectivity index (χ3n) is 5.77. The van der Waals surface area contributed by atoms with Crippen molar-refractivity contribution in [3.63, 3.8) is 0 Å². The summed E-state index contributed by atoms with van der Waals surface area (Å²) in [5.74, 6) is 0.376. The largest absolute Gasteiger partial charge is 0.490 e. The smallest absolute Gasteiger partial charge is 0.352 e. The van der Waals surface area contributed by atoms with Gasteiger partial charge < -0.3 is 29.4 Å². The highest BCUT2D eigenvalue weighted by Gasteiger charge is 2.32. The zero-order valence-electron chi connectivity index (χ0n) is 21.2. The van der Waals surface area contributed by atoms with Crippen LogP contribution in [0.3, 0.4) is 0 Å². The van der Waals surface area contributed by atoms with Crippen molar-refractivity contribution in [2.75, 3.05) is 13.2 Å². The maximum absolute atomic E-state index is 13.1. The van der Waals surface area contributed by atoms with E-state index < -0.39 is 23.8 Å². The molecule has 1 heterocycles. The van der Waals surface area contributed by atoms with Gasteiger partial charge in [-0.2, -0.15) is 5.26 Å². The van der Waals surface area contributed by atoms with E-state index >= 15 is 0 Å². The van der Waals surface area contributed by atoms with Gasteiger partial charge in [0.15, 0.2) is 17.6 Å². The molecule has 2 N–H and O–H groups in total. The van der Waals surface area contributed by atoms with E-state index in [1.54, 1.807) is 18.2 Å². The van der Waals surface area contributed by atoms with Crippen molar-refractivity contribution in [2.45, 2.75) is 32.8 Å². The van der Waals surface area contributed by atoms with Crippen LogP contribution in [0.4, 0.5) is 4.39 Å². The Morgan fingerprint density at radius 3 is 2.39 bits per heavy atom. The quantitative estimate of drug-likeness (QED) is 0.303. The number of fused-ring (bicyclic) bond motifs is 1. The number of halogens is 1. The van der Waals surface area contributed by atoms with Crippen molar-refractivity contribution < 1.29 is 32.9 Å². The van der Waals surface area contributed by atoms with E-state index in [1.807, 2.05) is 26.0 Å². The summed E-state index contributed by atoms with van der Waals surface area (Å²) in [4.78, 5) is 12.6. The average molecular weight is 519 g/mol. The molecule has 196 valence electrons. The number of nitriles is 1. The van der Waals surface area contributed by atoms with E-state index in [9.17, 15) is 14.4 Å². The Bertz CT molecular complexity index is 1400.